The normalized spacial score (nSPS) is 12.0. The van der Waals surface area contributed by atoms with Crippen LogP contribution in [0.1, 0.15) is 50.0 Å². The van der Waals surface area contributed by atoms with Gasteiger partial charge in [-0.05, 0) is 43.4 Å². The third kappa shape index (κ3) is 4.20. The van der Waals surface area contributed by atoms with E-state index in [1.165, 1.54) is 5.56 Å². The number of ether oxygens (including phenoxy) is 1. The largest absolute Gasteiger partial charge is 0.488 e. The maximum absolute atomic E-state index is 10.9. The zero-order chi connectivity index (χ0) is 16.2. The first-order chi connectivity index (χ1) is 10.3. The van der Waals surface area contributed by atoms with Crippen molar-refractivity contribution in [3.05, 3.63) is 65.7 Å². The Balaban J connectivity index is 2.14. The molecule has 2 aromatic rings. The molecule has 0 aliphatic heterocycles. The molecule has 0 aliphatic rings. The van der Waals surface area contributed by atoms with Crippen molar-refractivity contribution in [3.63, 3.8) is 0 Å². The van der Waals surface area contributed by atoms with E-state index in [-0.39, 0.29) is 11.0 Å². The lowest BCUT2D eigenvalue weighted by molar-refractivity contribution is 0.0764. The van der Waals surface area contributed by atoms with Crippen molar-refractivity contribution in [1.82, 2.24) is 0 Å². The predicted molar refractivity (Wildman–Crippen MR) is 90.6 cm³/mol. The van der Waals surface area contributed by atoms with E-state index >= 15 is 0 Å². The molecule has 0 spiro atoms. The second-order valence-corrected chi connectivity index (χ2v) is 6.98. The van der Waals surface area contributed by atoms with Gasteiger partial charge in [0.15, 0.2) is 0 Å². The number of carbonyl (C=O) groups excluding carboxylic acids is 1. The molecule has 0 unspecified atom stereocenters. The van der Waals surface area contributed by atoms with Gasteiger partial charge in [0.25, 0.3) is 0 Å². The fourth-order valence-electron chi connectivity index (χ4n) is 3.06. The Hall–Kier alpha value is -2.09. The quantitative estimate of drug-likeness (QED) is 0.699. The Bertz CT molecular complexity index is 627. The summed E-state index contributed by atoms with van der Waals surface area (Å²) in [6, 6.07) is 17.8. The molecule has 2 aromatic carbocycles. The number of benzene rings is 2. The van der Waals surface area contributed by atoms with Gasteiger partial charge >= 0.3 is 0 Å². The van der Waals surface area contributed by atoms with E-state index in [2.05, 4.69) is 52.0 Å². The molecule has 0 N–H and O–H groups in total. The highest BCUT2D eigenvalue weighted by Crippen LogP contribution is 2.34. The molecule has 116 valence electrons. The van der Waals surface area contributed by atoms with E-state index < -0.39 is 0 Å². The molecule has 0 saturated heterocycles. The van der Waals surface area contributed by atoms with Crippen LogP contribution >= 0.6 is 0 Å². The molecule has 0 saturated carbocycles. The molecule has 2 heteroatoms. The Morgan fingerprint density at radius 1 is 0.955 bits per heavy atom. The lowest BCUT2D eigenvalue weighted by Gasteiger charge is -2.36. The fraction of sp³-hybridized carbons (Fsp3) is 0.350. The fourth-order valence-corrected chi connectivity index (χ4v) is 3.06. The van der Waals surface area contributed by atoms with Crippen LogP contribution in [0.4, 0.5) is 0 Å². The van der Waals surface area contributed by atoms with Crippen LogP contribution in [0.2, 0.25) is 0 Å². The standard InChI is InChI=1S/C20H24O2/c1-19(2,17-10-6-5-7-11-17)15-20(3,4)22-18-12-8-9-16(13-18)14-21/h5-14H,15H2,1-4H3. The number of hydrogen-bond donors (Lipinski definition) is 0. The summed E-state index contributed by atoms with van der Waals surface area (Å²) >= 11 is 0. The first-order valence-corrected chi connectivity index (χ1v) is 7.62. The van der Waals surface area contributed by atoms with E-state index in [0.717, 1.165) is 18.5 Å². The molecule has 0 aromatic heterocycles. The summed E-state index contributed by atoms with van der Waals surface area (Å²) in [4.78, 5) is 10.9. The summed E-state index contributed by atoms with van der Waals surface area (Å²) < 4.78 is 6.14. The maximum atomic E-state index is 10.9. The molecule has 0 heterocycles. The zero-order valence-electron chi connectivity index (χ0n) is 13.8. The van der Waals surface area contributed by atoms with Crippen molar-refractivity contribution in [2.75, 3.05) is 0 Å². The lowest BCUT2D eigenvalue weighted by atomic mass is 9.76. The molecule has 2 nitrogen and oxygen atoms in total. The van der Waals surface area contributed by atoms with Gasteiger partial charge in [0.05, 0.1) is 0 Å². The van der Waals surface area contributed by atoms with Gasteiger partial charge in [-0.3, -0.25) is 4.79 Å². The first kappa shape index (κ1) is 16.3. The smallest absolute Gasteiger partial charge is 0.150 e. The summed E-state index contributed by atoms with van der Waals surface area (Å²) in [5.41, 5.74) is 1.61. The van der Waals surface area contributed by atoms with Gasteiger partial charge in [-0.15, -0.1) is 0 Å². The molecule has 0 aliphatic carbocycles. The van der Waals surface area contributed by atoms with E-state index in [4.69, 9.17) is 4.74 Å². The number of aldehydes is 1. The van der Waals surface area contributed by atoms with Crippen molar-refractivity contribution in [2.24, 2.45) is 0 Å². The van der Waals surface area contributed by atoms with Gasteiger partial charge in [0.1, 0.15) is 17.6 Å². The minimum Gasteiger partial charge on any atom is -0.488 e. The minimum absolute atomic E-state index is 0.00697. The topological polar surface area (TPSA) is 26.3 Å². The Morgan fingerprint density at radius 2 is 1.64 bits per heavy atom. The lowest BCUT2D eigenvalue weighted by Crippen LogP contribution is -2.36. The molecular weight excluding hydrogens is 272 g/mol. The van der Waals surface area contributed by atoms with Crippen molar-refractivity contribution < 1.29 is 9.53 Å². The summed E-state index contributed by atoms with van der Waals surface area (Å²) in [6.07, 6.45) is 1.71. The Labute approximate surface area is 133 Å². The molecule has 22 heavy (non-hydrogen) atoms. The van der Waals surface area contributed by atoms with E-state index in [1.54, 1.807) is 12.1 Å². The summed E-state index contributed by atoms with van der Waals surface area (Å²) in [6.45, 7) is 8.64. The Kier molecular flexibility index (Phi) is 4.70. The third-order valence-corrected chi connectivity index (χ3v) is 3.81. The van der Waals surface area contributed by atoms with Gasteiger partial charge in [0, 0.05) is 5.56 Å². The molecule has 0 amide bonds. The van der Waals surface area contributed by atoms with Gasteiger partial charge in [-0.25, -0.2) is 0 Å². The summed E-state index contributed by atoms with van der Waals surface area (Å²) in [5.74, 6) is 0.735. The zero-order valence-corrected chi connectivity index (χ0v) is 13.8. The highest BCUT2D eigenvalue weighted by Gasteiger charge is 2.31. The van der Waals surface area contributed by atoms with Crippen LogP contribution in [0.15, 0.2) is 54.6 Å². The van der Waals surface area contributed by atoms with Crippen LogP contribution in [-0.2, 0) is 5.41 Å². The molecule has 0 bridgehead atoms. The summed E-state index contributed by atoms with van der Waals surface area (Å²) in [7, 11) is 0. The van der Waals surface area contributed by atoms with Crippen LogP contribution in [0.5, 0.6) is 5.75 Å². The molecule has 2 rings (SSSR count). The second-order valence-electron chi connectivity index (χ2n) is 6.98. The van der Waals surface area contributed by atoms with Crippen LogP contribution in [0.3, 0.4) is 0 Å². The monoisotopic (exact) mass is 296 g/mol. The van der Waals surface area contributed by atoms with Crippen molar-refractivity contribution in [1.29, 1.82) is 0 Å². The molecule has 0 fully saturated rings. The van der Waals surface area contributed by atoms with E-state index in [1.807, 2.05) is 18.2 Å². The van der Waals surface area contributed by atoms with E-state index in [9.17, 15) is 4.79 Å². The van der Waals surface area contributed by atoms with Crippen molar-refractivity contribution >= 4 is 6.29 Å². The molecule has 0 atom stereocenters. The van der Waals surface area contributed by atoms with Crippen LogP contribution in [0.25, 0.3) is 0 Å². The number of rotatable bonds is 6. The maximum Gasteiger partial charge on any atom is 0.150 e. The number of carbonyl (C=O) groups is 1. The third-order valence-electron chi connectivity index (χ3n) is 3.81. The SMILES string of the molecule is CC(C)(CC(C)(C)c1ccccc1)Oc1cccc(C=O)c1. The molecule has 0 radical (unpaired) electrons. The molecular formula is C20H24O2. The average Bonchev–Trinajstić information content (AvgIpc) is 2.46. The first-order valence-electron chi connectivity index (χ1n) is 7.62. The highest BCUT2D eigenvalue weighted by atomic mass is 16.5. The van der Waals surface area contributed by atoms with Crippen LogP contribution in [-0.4, -0.2) is 11.9 Å². The summed E-state index contributed by atoms with van der Waals surface area (Å²) in [5, 5.41) is 0. The van der Waals surface area contributed by atoms with Gasteiger partial charge in [-0.2, -0.15) is 0 Å². The highest BCUT2D eigenvalue weighted by molar-refractivity contribution is 5.75. The van der Waals surface area contributed by atoms with Gasteiger partial charge in [-0.1, -0.05) is 56.3 Å². The minimum atomic E-state index is -0.332. The van der Waals surface area contributed by atoms with Gasteiger partial charge in [0.2, 0.25) is 0 Å². The Morgan fingerprint density at radius 3 is 2.27 bits per heavy atom. The predicted octanol–water partition coefficient (Wildman–Crippen LogP) is 5.02. The van der Waals surface area contributed by atoms with Gasteiger partial charge < -0.3 is 4.74 Å². The average molecular weight is 296 g/mol. The van der Waals surface area contributed by atoms with Crippen molar-refractivity contribution in [3.8, 4) is 5.75 Å². The second kappa shape index (κ2) is 6.35. The van der Waals surface area contributed by atoms with Crippen LogP contribution in [0, 0.1) is 0 Å². The van der Waals surface area contributed by atoms with Crippen LogP contribution < -0.4 is 4.74 Å². The van der Waals surface area contributed by atoms with Crippen molar-refractivity contribution in [2.45, 2.75) is 45.1 Å². The number of hydrogen-bond acceptors (Lipinski definition) is 2. The van der Waals surface area contributed by atoms with E-state index in [0.29, 0.717) is 5.56 Å².